The zero-order valence-electron chi connectivity index (χ0n) is 15.0. The van der Waals surface area contributed by atoms with Crippen LogP contribution in [0.2, 0.25) is 0 Å². The van der Waals surface area contributed by atoms with E-state index < -0.39 is 37.1 Å². The van der Waals surface area contributed by atoms with Crippen LogP contribution in [0.15, 0.2) is 59.0 Å². The van der Waals surface area contributed by atoms with Crippen molar-refractivity contribution in [3.8, 4) is 5.75 Å². The van der Waals surface area contributed by atoms with Crippen molar-refractivity contribution in [2.75, 3.05) is 6.61 Å². The van der Waals surface area contributed by atoms with Crippen LogP contribution in [0.4, 0.5) is 0 Å². The Morgan fingerprint density at radius 3 is 2.43 bits per heavy atom. The van der Waals surface area contributed by atoms with Gasteiger partial charge in [0, 0.05) is 10.9 Å². The number of aliphatic hydroxyl groups is 4. The molecule has 4 N–H and O–H groups in total. The first-order valence-electron chi connectivity index (χ1n) is 9.08. The Morgan fingerprint density at radius 2 is 1.68 bits per heavy atom. The lowest BCUT2D eigenvalue weighted by Crippen LogP contribution is -2.55. The van der Waals surface area contributed by atoms with Gasteiger partial charge in [0.2, 0.25) is 0 Å². The second kappa shape index (κ2) is 7.90. The molecule has 0 spiro atoms. The minimum atomic E-state index is -1.45. The monoisotopic (exact) mass is 386 g/mol. The Balaban J connectivity index is 1.61. The minimum absolute atomic E-state index is 0.295. The molecule has 7 nitrogen and oxygen atoms in total. The van der Waals surface area contributed by atoms with Gasteiger partial charge in [-0.15, -0.1) is 0 Å². The van der Waals surface area contributed by atoms with Crippen molar-refractivity contribution >= 4 is 11.0 Å². The van der Waals surface area contributed by atoms with Crippen LogP contribution in [0.25, 0.3) is 11.0 Å². The zero-order valence-corrected chi connectivity index (χ0v) is 15.0. The first-order chi connectivity index (χ1) is 13.6. The molecule has 1 aromatic heterocycles. The van der Waals surface area contributed by atoms with Crippen molar-refractivity contribution in [2.45, 2.75) is 37.1 Å². The SMILES string of the molecule is OC[C@H]1O[C@@H](c2cc3cccc(COc4ccccc4)c3o2)[C@H](O)[C@@H](O)[C@@H]1O. The van der Waals surface area contributed by atoms with E-state index in [-0.39, 0.29) is 0 Å². The van der Waals surface area contributed by atoms with Crippen LogP contribution in [0, 0.1) is 0 Å². The van der Waals surface area contributed by atoms with E-state index in [1.807, 2.05) is 48.5 Å². The lowest BCUT2D eigenvalue weighted by atomic mass is 9.94. The largest absolute Gasteiger partial charge is 0.489 e. The van der Waals surface area contributed by atoms with Gasteiger partial charge in [0.1, 0.15) is 54.2 Å². The Bertz CT molecular complexity index is 921. The third-order valence-electron chi connectivity index (χ3n) is 4.95. The summed E-state index contributed by atoms with van der Waals surface area (Å²) in [7, 11) is 0. The van der Waals surface area contributed by atoms with Gasteiger partial charge in [-0.1, -0.05) is 36.4 Å². The summed E-state index contributed by atoms with van der Waals surface area (Å²) in [4.78, 5) is 0. The number of para-hydroxylation sites is 2. The quantitative estimate of drug-likeness (QED) is 0.526. The van der Waals surface area contributed by atoms with Crippen molar-refractivity contribution in [3.63, 3.8) is 0 Å². The number of furan rings is 1. The van der Waals surface area contributed by atoms with E-state index in [0.29, 0.717) is 18.0 Å². The molecule has 1 saturated heterocycles. The average Bonchev–Trinajstić information content (AvgIpc) is 3.16. The molecular weight excluding hydrogens is 364 g/mol. The van der Waals surface area contributed by atoms with Gasteiger partial charge in [-0.3, -0.25) is 0 Å². The number of hydrogen-bond donors (Lipinski definition) is 4. The second-order valence-corrected chi connectivity index (χ2v) is 6.84. The maximum Gasteiger partial charge on any atom is 0.144 e. The smallest absolute Gasteiger partial charge is 0.144 e. The van der Waals surface area contributed by atoms with Crippen molar-refractivity contribution in [1.82, 2.24) is 0 Å². The third kappa shape index (κ3) is 3.50. The van der Waals surface area contributed by atoms with E-state index in [2.05, 4.69) is 0 Å². The highest BCUT2D eigenvalue weighted by molar-refractivity contribution is 5.81. The van der Waals surface area contributed by atoms with E-state index in [1.54, 1.807) is 6.07 Å². The van der Waals surface area contributed by atoms with Crippen LogP contribution in [-0.2, 0) is 11.3 Å². The van der Waals surface area contributed by atoms with Gasteiger partial charge in [0.15, 0.2) is 0 Å². The summed E-state index contributed by atoms with van der Waals surface area (Å²) in [6.45, 7) is -0.194. The molecule has 0 unspecified atom stereocenters. The molecule has 3 aromatic rings. The summed E-state index contributed by atoms with van der Waals surface area (Å²) >= 11 is 0. The molecule has 1 aliphatic heterocycles. The highest BCUT2D eigenvalue weighted by atomic mass is 16.6. The van der Waals surface area contributed by atoms with Crippen LogP contribution in [0.1, 0.15) is 17.4 Å². The standard InChI is InChI=1S/C21H22O7/c22-10-16-17(23)18(24)19(25)21(28-16)15-9-12-5-4-6-13(20(12)27-15)11-26-14-7-2-1-3-8-14/h1-9,16-19,21-25H,10-11H2/t16-,17-,18+,19-,21+/m1/s1. The van der Waals surface area contributed by atoms with Gasteiger partial charge in [-0.2, -0.15) is 0 Å². The fourth-order valence-electron chi connectivity index (χ4n) is 3.41. The minimum Gasteiger partial charge on any atom is -0.489 e. The molecule has 0 bridgehead atoms. The Kier molecular flexibility index (Phi) is 5.34. The Hall–Kier alpha value is -2.42. The topological polar surface area (TPSA) is 113 Å². The van der Waals surface area contributed by atoms with Gasteiger partial charge in [0.25, 0.3) is 0 Å². The van der Waals surface area contributed by atoms with E-state index in [9.17, 15) is 20.4 Å². The summed E-state index contributed by atoms with van der Waals surface area (Å²) in [6, 6.07) is 16.7. The maximum atomic E-state index is 10.3. The number of rotatable bonds is 5. The molecule has 2 aromatic carbocycles. The zero-order chi connectivity index (χ0) is 19.7. The first-order valence-corrected chi connectivity index (χ1v) is 9.08. The molecule has 0 amide bonds. The molecule has 148 valence electrons. The summed E-state index contributed by atoms with van der Waals surface area (Å²) in [5, 5.41) is 40.4. The average molecular weight is 386 g/mol. The van der Waals surface area contributed by atoms with E-state index in [0.717, 1.165) is 16.7 Å². The van der Waals surface area contributed by atoms with Crippen LogP contribution in [0.3, 0.4) is 0 Å². The normalized spacial score (nSPS) is 27.8. The second-order valence-electron chi connectivity index (χ2n) is 6.84. The maximum absolute atomic E-state index is 10.3. The molecule has 0 radical (unpaired) electrons. The summed E-state index contributed by atoms with van der Waals surface area (Å²) in [6.07, 6.45) is -6.24. The summed E-state index contributed by atoms with van der Waals surface area (Å²) in [5.74, 6) is 1.04. The van der Waals surface area contributed by atoms with E-state index in [1.165, 1.54) is 0 Å². The third-order valence-corrected chi connectivity index (χ3v) is 4.95. The molecule has 4 rings (SSSR count). The van der Waals surface area contributed by atoms with Crippen LogP contribution in [0.5, 0.6) is 5.75 Å². The highest BCUT2D eigenvalue weighted by Crippen LogP contribution is 2.36. The van der Waals surface area contributed by atoms with Gasteiger partial charge < -0.3 is 34.3 Å². The van der Waals surface area contributed by atoms with Gasteiger partial charge >= 0.3 is 0 Å². The lowest BCUT2D eigenvalue weighted by Gasteiger charge is -2.39. The summed E-state index contributed by atoms with van der Waals surface area (Å²) < 4.78 is 17.3. The molecule has 7 heteroatoms. The predicted octanol–water partition coefficient (Wildman–Crippen LogP) is 1.53. The van der Waals surface area contributed by atoms with Crippen LogP contribution in [-0.4, -0.2) is 51.4 Å². The van der Waals surface area contributed by atoms with Crippen molar-refractivity contribution < 1.29 is 34.3 Å². The summed E-state index contributed by atoms with van der Waals surface area (Å²) in [5.41, 5.74) is 1.41. The number of benzene rings is 2. The van der Waals surface area contributed by atoms with E-state index >= 15 is 0 Å². The first kappa shape index (κ1) is 18.9. The number of ether oxygens (including phenoxy) is 2. The van der Waals surface area contributed by atoms with Crippen molar-refractivity contribution in [3.05, 3.63) is 65.9 Å². The van der Waals surface area contributed by atoms with Crippen molar-refractivity contribution in [2.24, 2.45) is 0 Å². The lowest BCUT2D eigenvalue weighted by molar-refractivity contribution is -0.235. The fourth-order valence-corrected chi connectivity index (χ4v) is 3.41. The molecule has 0 saturated carbocycles. The number of aliphatic hydroxyl groups excluding tert-OH is 4. The fraction of sp³-hybridized carbons (Fsp3) is 0.333. The van der Waals surface area contributed by atoms with Crippen LogP contribution < -0.4 is 4.74 Å². The Morgan fingerprint density at radius 1 is 0.893 bits per heavy atom. The molecule has 0 aliphatic carbocycles. The van der Waals surface area contributed by atoms with Gasteiger partial charge in [-0.05, 0) is 18.2 Å². The van der Waals surface area contributed by atoms with Gasteiger partial charge in [0.05, 0.1) is 6.61 Å². The molecule has 5 atom stereocenters. The van der Waals surface area contributed by atoms with E-state index in [4.69, 9.17) is 13.9 Å². The molecule has 2 heterocycles. The highest BCUT2D eigenvalue weighted by Gasteiger charge is 2.45. The number of hydrogen-bond acceptors (Lipinski definition) is 7. The Labute approximate surface area is 161 Å². The van der Waals surface area contributed by atoms with Gasteiger partial charge in [-0.25, -0.2) is 0 Å². The molecule has 28 heavy (non-hydrogen) atoms. The molecule has 1 aliphatic rings. The van der Waals surface area contributed by atoms with Crippen molar-refractivity contribution in [1.29, 1.82) is 0 Å². The van der Waals surface area contributed by atoms with Crippen LogP contribution >= 0.6 is 0 Å². The predicted molar refractivity (Wildman–Crippen MR) is 99.7 cm³/mol. The molecular formula is C21H22O7. The number of fused-ring (bicyclic) bond motifs is 1. The molecule has 1 fully saturated rings.